The van der Waals surface area contributed by atoms with Gasteiger partial charge in [-0.15, -0.1) is 0 Å². The molecule has 0 aliphatic rings. The summed E-state index contributed by atoms with van der Waals surface area (Å²) in [5, 5.41) is 18.7. The SMILES string of the molecule is CC(C)CNC(=O)c1ccc(NC(=O)NCCNS(=O)(=O)c2cccc([N+](=O)[O-])c2)cc1Cl. The number of hydrogen-bond acceptors (Lipinski definition) is 6. The summed E-state index contributed by atoms with van der Waals surface area (Å²) >= 11 is 6.14. The van der Waals surface area contributed by atoms with E-state index in [0.717, 1.165) is 6.07 Å². The van der Waals surface area contributed by atoms with Crippen molar-refractivity contribution in [3.05, 3.63) is 63.2 Å². The van der Waals surface area contributed by atoms with Gasteiger partial charge in [0.1, 0.15) is 0 Å². The largest absolute Gasteiger partial charge is 0.352 e. The summed E-state index contributed by atoms with van der Waals surface area (Å²) in [7, 11) is -3.98. The Morgan fingerprint density at radius 1 is 1.09 bits per heavy atom. The number of halogens is 1. The van der Waals surface area contributed by atoms with E-state index in [1.807, 2.05) is 13.8 Å². The fraction of sp³-hybridized carbons (Fsp3) is 0.300. The molecule has 2 aromatic carbocycles. The summed E-state index contributed by atoms with van der Waals surface area (Å²) in [4.78, 5) is 34.0. The molecule has 33 heavy (non-hydrogen) atoms. The van der Waals surface area contributed by atoms with Gasteiger partial charge in [-0.25, -0.2) is 17.9 Å². The molecule has 2 rings (SSSR count). The summed E-state index contributed by atoms with van der Waals surface area (Å²) in [5.74, 6) is -0.0335. The lowest BCUT2D eigenvalue weighted by Gasteiger charge is -2.11. The molecule has 0 aliphatic heterocycles. The number of carbonyl (C=O) groups is 2. The van der Waals surface area contributed by atoms with E-state index in [0.29, 0.717) is 12.2 Å². The highest BCUT2D eigenvalue weighted by molar-refractivity contribution is 7.89. The Labute approximate surface area is 196 Å². The molecular weight excluding hydrogens is 474 g/mol. The van der Waals surface area contributed by atoms with Crippen LogP contribution in [0.2, 0.25) is 5.02 Å². The van der Waals surface area contributed by atoms with Crippen molar-refractivity contribution in [3.8, 4) is 0 Å². The van der Waals surface area contributed by atoms with E-state index in [1.54, 1.807) is 0 Å². The van der Waals surface area contributed by atoms with Gasteiger partial charge in [0.05, 0.1) is 20.4 Å². The van der Waals surface area contributed by atoms with Crippen LogP contribution in [-0.2, 0) is 10.0 Å². The molecule has 0 saturated carbocycles. The molecule has 0 spiro atoms. The number of benzene rings is 2. The minimum atomic E-state index is -3.98. The zero-order valence-electron chi connectivity index (χ0n) is 17.9. The highest BCUT2D eigenvalue weighted by atomic mass is 35.5. The fourth-order valence-electron chi connectivity index (χ4n) is 2.55. The topological polar surface area (TPSA) is 160 Å². The van der Waals surface area contributed by atoms with Crippen molar-refractivity contribution in [1.82, 2.24) is 15.4 Å². The Balaban J connectivity index is 1.84. The Morgan fingerprint density at radius 2 is 1.82 bits per heavy atom. The molecule has 4 N–H and O–H groups in total. The van der Waals surface area contributed by atoms with Gasteiger partial charge in [-0.2, -0.15) is 0 Å². The van der Waals surface area contributed by atoms with Crippen LogP contribution in [0.5, 0.6) is 0 Å². The third-order valence-electron chi connectivity index (χ3n) is 4.18. The van der Waals surface area contributed by atoms with Crippen LogP contribution in [0.25, 0.3) is 0 Å². The van der Waals surface area contributed by atoms with Gasteiger partial charge in [0, 0.05) is 37.5 Å². The number of nitrogens with zero attached hydrogens (tertiary/aromatic N) is 1. The number of hydrogen-bond donors (Lipinski definition) is 4. The first-order valence-corrected chi connectivity index (χ1v) is 11.7. The van der Waals surface area contributed by atoms with E-state index in [-0.39, 0.29) is 46.1 Å². The normalized spacial score (nSPS) is 11.2. The van der Waals surface area contributed by atoms with E-state index in [2.05, 4.69) is 20.7 Å². The van der Waals surface area contributed by atoms with E-state index >= 15 is 0 Å². The number of carbonyl (C=O) groups excluding carboxylic acids is 2. The third kappa shape index (κ3) is 8.00. The van der Waals surface area contributed by atoms with Crippen molar-refractivity contribution in [2.24, 2.45) is 5.92 Å². The van der Waals surface area contributed by atoms with E-state index in [4.69, 9.17) is 11.6 Å². The van der Waals surface area contributed by atoms with Gasteiger partial charge in [-0.1, -0.05) is 31.5 Å². The van der Waals surface area contributed by atoms with Crippen LogP contribution in [0.3, 0.4) is 0 Å². The number of urea groups is 1. The summed E-state index contributed by atoms with van der Waals surface area (Å²) in [5.41, 5.74) is 0.270. The molecule has 0 saturated heterocycles. The van der Waals surface area contributed by atoms with Crippen LogP contribution in [0.1, 0.15) is 24.2 Å². The Morgan fingerprint density at radius 3 is 2.45 bits per heavy atom. The van der Waals surface area contributed by atoms with Crippen LogP contribution < -0.4 is 20.7 Å². The van der Waals surface area contributed by atoms with Crippen molar-refractivity contribution < 1.29 is 22.9 Å². The second kappa shape index (κ2) is 11.6. The zero-order chi connectivity index (χ0) is 24.6. The van der Waals surface area contributed by atoms with Crippen molar-refractivity contribution in [1.29, 1.82) is 0 Å². The average molecular weight is 498 g/mol. The number of amides is 3. The lowest BCUT2D eigenvalue weighted by atomic mass is 10.1. The Kier molecular flexibility index (Phi) is 9.14. The second-order valence-electron chi connectivity index (χ2n) is 7.33. The quantitative estimate of drug-likeness (QED) is 0.224. The number of nitro groups is 1. The summed E-state index contributed by atoms with van der Waals surface area (Å²) in [6.07, 6.45) is 0. The summed E-state index contributed by atoms with van der Waals surface area (Å²) in [6, 6.07) is 8.44. The smallest absolute Gasteiger partial charge is 0.319 e. The lowest BCUT2D eigenvalue weighted by Crippen LogP contribution is -2.36. The molecule has 11 nitrogen and oxygen atoms in total. The molecule has 3 amide bonds. The van der Waals surface area contributed by atoms with Gasteiger partial charge in [-0.05, 0) is 30.2 Å². The van der Waals surface area contributed by atoms with E-state index < -0.39 is 21.0 Å². The molecule has 0 aromatic heterocycles. The maximum atomic E-state index is 12.2. The van der Waals surface area contributed by atoms with Crippen LogP contribution in [0, 0.1) is 16.0 Å². The molecule has 2 aromatic rings. The fourth-order valence-corrected chi connectivity index (χ4v) is 3.89. The second-order valence-corrected chi connectivity index (χ2v) is 9.51. The summed E-state index contributed by atoms with van der Waals surface area (Å²) in [6.45, 7) is 4.23. The van der Waals surface area contributed by atoms with Crippen LogP contribution in [0.15, 0.2) is 47.4 Å². The van der Waals surface area contributed by atoms with Gasteiger partial charge in [-0.3, -0.25) is 14.9 Å². The molecule has 13 heteroatoms. The molecule has 0 radical (unpaired) electrons. The van der Waals surface area contributed by atoms with Crippen LogP contribution >= 0.6 is 11.6 Å². The van der Waals surface area contributed by atoms with Crippen molar-refractivity contribution in [2.75, 3.05) is 25.0 Å². The van der Waals surface area contributed by atoms with Gasteiger partial charge in [0.25, 0.3) is 11.6 Å². The first-order chi connectivity index (χ1) is 15.5. The minimum absolute atomic E-state index is 0.0522. The van der Waals surface area contributed by atoms with Gasteiger partial charge < -0.3 is 16.0 Å². The third-order valence-corrected chi connectivity index (χ3v) is 5.96. The van der Waals surface area contributed by atoms with Gasteiger partial charge in [0.15, 0.2) is 0 Å². The molecule has 0 bridgehead atoms. The Hall–Kier alpha value is -3.22. The van der Waals surface area contributed by atoms with Crippen molar-refractivity contribution >= 4 is 44.9 Å². The molecule has 0 atom stereocenters. The van der Waals surface area contributed by atoms with Crippen molar-refractivity contribution in [3.63, 3.8) is 0 Å². The monoisotopic (exact) mass is 497 g/mol. The standard InChI is InChI=1S/C20H24ClN5O6S/c1-13(2)12-23-19(27)17-7-6-14(10-18(17)21)25-20(28)22-8-9-24-33(31,32)16-5-3-4-15(11-16)26(29)30/h3-7,10-11,13,24H,8-9,12H2,1-2H3,(H,23,27)(H2,22,25,28). The summed E-state index contributed by atoms with van der Waals surface area (Å²) < 4.78 is 26.7. The lowest BCUT2D eigenvalue weighted by molar-refractivity contribution is -0.385. The molecule has 0 heterocycles. The number of non-ortho nitro benzene ring substituents is 1. The first kappa shape index (κ1) is 26.0. The molecule has 0 fully saturated rings. The highest BCUT2D eigenvalue weighted by Gasteiger charge is 2.17. The van der Waals surface area contributed by atoms with Gasteiger partial charge >= 0.3 is 6.03 Å². The van der Waals surface area contributed by atoms with Crippen LogP contribution in [0.4, 0.5) is 16.2 Å². The Bertz CT molecular complexity index is 1140. The van der Waals surface area contributed by atoms with Crippen LogP contribution in [-0.4, -0.2) is 44.9 Å². The number of anilines is 1. The minimum Gasteiger partial charge on any atom is -0.352 e. The maximum absolute atomic E-state index is 12.2. The first-order valence-electron chi connectivity index (χ1n) is 9.86. The predicted octanol–water partition coefficient (Wildman–Crippen LogP) is 2.73. The predicted molar refractivity (Wildman–Crippen MR) is 124 cm³/mol. The number of nitro benzene ring substituents is 1. The van der Waals surface area contributed by atoms with Gasteiger partial charge in [0.2, 0.25) is 10.0 Å². The maximum Gasteiger partial charge on any atom is 0.319 e. The highest BCUT2D eigenvalue weighted by Crippen LogP contribution is 2.21. The molecular formula is C20H24ClN5O6S. The zero-order valence-corrected chi connectivity index (χ0v) is 19.5. The average Bonchev–Trinajstić information content (AvgIpc) is 2.75. The van der Waals surface area contributed by atoms with E-state index in [9.17, 15) is 28.1 Å². The van der Waals surface area contributed by atoms with Crippen molar-refractivity contribution in [2.45, 2.75) is 18.7 Å². The molecule has 0 aliphatic carbocycles. The number of nitrogens with one attached hydrogen (secondary N) is 4. The molecule has 178 valence electrons. The van der Waals surface area contributed by atoms with E-state index in [1.165, 1.54) is 36.4 Å². The number of rotatable bonds is 10. The number of sulfonamides is 1. The molecule has 0 unspecified atom stereocenters.